The van der Waals surface area contributed by atoms with Crippen molar-refractivity contribution in [3.8, 4) is 23.0 Å². The standard InChI is InChI=1S/C34H41N2O9/c1-9-19-17-36(3)27-15-22(19)32(31(38)43-8,18-44-30(37)20-12-25(40-5)29(42-7)26(13-20)41-6)33-16-28(36)45-34(27,33)35(2)24-11-10-21(39-4)14-23(24)33/h9-14,22,27-28H,15-18H2,1-8H3/q+1/b19-9-/t22-,27-,28-,32-,33-,34-,36?/m0/s1. The second-order valence-corrected chi connectivity index (χ2v) is 12.9. The summed E-state index contributed by atoms with van der Waals surface area (Å²) in [6.45, 7) is 2.54. The molecule has 0 amide bonds. The number of methoxy groups -OCH3 is 5. The number of anilines is 1. The van der Waals surface area contributed by atoms with E-state index in [9.17, 15) is 9.59 Å². The molecule has 1 saturated carbocycles. The Labute approximate surface area is 263 Å². The monoisotopic (exact) mass is 621 g/mol. The molecule has 0 aromatic heterocycles. The Balaban J connectivity index is 1.43. The molecule has 1 aliphatic carbocycles. The Bertz CT molecular complexity index is 1620. The van der Waals surface area contributed by atoms with Gasteiger partial charge >= 0.3 is 11.9 Å². The third-order valence-electron chi connectivity index (χ3n) is 11.8. The summed E-state index contributed by atoms with van der Waals surface area (Å²) in [5.41, 5.74) is 0.226. The van der Waals surface area contributed by atoms with E-state index in [-0.39, 0.29) is 30.4 Å². The van der Waals surface area contributed by atoms with Gasteiger partial charge in [0.2, 0.25) is 11.5 Å². The SMILES string of the molecule is C/C=C1/C[N+]2(C)[C@@H]3C[C@@]45c6cc(OC)ccc6N(C)[C@]4(O3)[C@@H]2C[C@@H]1[C@@]5(COC(=O)c1cc(OC)c(OC)c(OC)c1)C(=O)OC. The summed E-state index contributed by atoms with van der Waals surface area (Å²) in [4.78, 5) is 30.9. The zero-order valence-corrected chi connectivity index (χ0v) is 27.1. The van der Waals surface area contributed by atoms with E-state index < -0.39 is 28.5 Å². The minimum Gasteiger partial charge on any atom is -0.497 e. The summed E-state index contributed by atoms with van der Waals surface area (Å²) < 4.78 is 42.1. The minimum atomic E-state index is -1.30. The van der Waals surface area contributed by atoms with E-state index in [4.69, 9.17) is 33.2 Å². The Hall–Kier alpha value is -3.96. The smallest absolute Gasteiger partial charge is 0.338 e. The average molecular weight is 622 g/mol. The van der Waals surface area contributed by atoms with Gasteiger partial charge in [0.1, 0.15) is 30.4 Å². The molecule has 240 valence electrons. The van der Waals surface area contributed by atoms with Crippen LogP contribution in [0.25, 0.3) is 0 Å². The summed E-state index contributed by atoms with van der Waals surface area (Å²) in [6, 6.07) is 9.19. The molecule has 2 aromatic rings. The number of fused-ring (bicyclic) bond motifs is 4. The number of benzene rings is 2. The second kappa shape index (κ2) is 9.77. The zero-order chi connectivity index (χ0) is 32.1. The van der Waals surface area contributed by atoms with E-state index in [0.717, 1.165) is 27.9 Å². The van der Waals surface area contributed by atoms with Crippen LogP contribution in [0.4, 0.5) is 5.69 Å². The molecule has 11 nitrogen and oxygen atoms in total. The first-order valence-electron chi connectivity index (χ1n) is 15.2. The Morgan fingerprint density at radius 2 is 1.76 bits per heavy atom. The van der Waals surface area contributed by atoms with Crippen LogP contribution in [0.2, 0.25) is 0 Å². The maximum atomic E-state index is 14.7. The molecule has 5 aliphatic rings. The first kappa shape index (κ1) is 29.7. The third-order valence-corrected chi connectivity index (χ3v) is 11.8. The molecule has 1 spiro atoms. The molecule has 7 atom stereocenters. The first-order chi connectivity index (χ1) is 21.6. The first-order valence-corrected chi connectivity index (χ1v) is 15.2. The fourth-order valence-corrected chi connectivity index (χ4v) is 9.98. The predicted octanol–water partition coefficient (Wildman–Crippen LogP) is 3.68. The fraction of sp³-hybridized carbons (Fsp3) is 0.529. The number of rotatable bonds is 8. The van der Waals surface area contributed by atoms with Gasteiger partial charge < -0.3 is 33.3 Å². The number of allylic oxidation sites excluding steroid dienone is 1. The van der Waals surface area contributed by atoms with Crippen LogP contribution in [0, 0.1) is 11.3 Å². The van der Waals surface area contributed by atoms with Gasteiger partial charge in [-0.2, -0.15) is 0 Å². The van der Waals surface area contributed by atoms with Crippen molar-refractivity contribution in [1.29, 1.82) is 0 Å². The molecule has 4 aliphatic heterocycles. The molecule has 1 unspecified atom stereocenters. The van der Waals surface area contributed by atoms with Crippen molar-refractivity contribution < 1.29 is 47.2 Å². The number of esters is 2. The van der Waals surface area contributed by atoms with Gasteiger partial charge in [0, 0.05) is 31.5 Å². The minimum absolute atomic E-state index is 0.0805. The van der Waals surface area contributed by atoms with Gasteiger partial charge in [0.25, 0.3) is 0 Å². The third kappa shape index (κ3) is 3.22. The van der Waals surface area contributed by atoms with E-state index in [1.807, 2.05) is 25.1 Å². The summed E-state index contributed by atoms with van der Waals surface area (Å²) in [7, 11) is 11.9. The summed E-state index contributed by atoms with van der Waals surface area (Å²) >= 11 is 0. The molecule has 4 fully saturated rings. The van der Waals surface area contributed by atoms with Crippen LogP contribution in [-0.2, 0) is 24.4 Å². The van der Waals surface area contributed by atoms with E-state index >= 15 is 0 Å². The second-order valence-electron chi connectivity index (χ2n) is 12.9. The van der Waals surface area contributed by atoms with E-state index in [0.29, 0.717) is 35.8 Å². The summed E-state index contributed by atoms with van der Waals surface area (Å²) in [6.07, 6.45) is 3.20. The van der Waals surface area contributed by atoms with Crippen LogP contribution in [0.3, 0.4) is 0 Å². The van der Waals surface area contributed by atoms with Crippen molar-refractivity contribution in [2.45, 2.75) is 43.2 Å². The van der Waals surface area contributed by atoms with Gasteiger partial charge in [0.15, 0.2) is 17.7 Å². The predicted molar refractivity (Wildman–Crippen MR) is 163 cm³/mol. The molecular weight excluding hydrogens is 580 g/mol. The van der Waals surface area contributed by atoms with Gasteiger partial charge in [-0.05, 0) is 48.4 Å². The lowest BCUT2D eigenvalue weighted by Gasteiger charge is -2.66. The van der Waals surface area contributed by atoms with Crippen LogP contribution in [-0.4, -0.2) is 97.2 Å². The fourth-order valence-electron chi connectivity index (χ4n) is 9.98. The van der Waals surface area contributed by atoms with Crippen molar-refractivity contribution >= 4 is 17.6 Å². The van der Waals surface area contributed by atoms with Crippen LogP contribution in [0.15, 0.2) is 42.0 Å². The lowest BCUT2D eigenvalue weighted by molar-refractivity contribution is -0.960. The molecule has 0 N–H and O–H groups in total. The van der Waals surface area contributed by atoms with Crippen LogP contribution in [0.5, 0.6) is 23.0 Å². The molecule has 45 heavy (non-hydrogen) atoms. The molecular formula is C34H41N2O9+. The van der Waals surface area contributed by atoms with Crippen molar-refractivity contribution in [2.75, 3.05) is 67.7 Å². The number of quaternary nitrogens is 1. The Morgan fingerprint density at radius 3 is 2.36 bits per heavy atom. The molecule has 11 heteroatoms. The van der Waals surface area contributed by atoms with Gasteiger partial charge in [-0.1, -0.05) is 6.08 Å². The van der Waals surface area contributed by atoms with Crippen LogP contribution in [0.1, 0.15) is 35.7 Å². The highest BCUT2D eigenvalue weighted by Crippen LogP contribution is 2.79. The van der Waals surface area contributed by atoms with Crippen LogP contribution < -0.4 is 23.8 Å². The highest BCUT2D eigenvalue weighted by molar-refractivity contribution is 5.92. The number of nitrogens with zero attached hydrogens (tertiary/aromatic N) is 2. The highest BCUT2D eigenvalue weighted by Gasteiger charge is 2.93. The van der Waals surface area contributed by atoms with Gasteiger partial charge in [-0.3, -0.25) is 14.0 Å². The Kier molecular flexibility index (Phi) is 6.45. The lowest BCUT2D eigenvalue weighted by Crippen LogP contribution is -2.83. The quantitative estimate of drug-likeness (QED) is 0.247. The van der Waals surface area contributed by atoms with Crippen molar-refractivity contribution in [2.24, 2.45) is 11.3 Å². The van der Waals surface area contributed by atoms with E-state index in [1.165, 1.54) is 28.4 Å². The molecule has 3 saturated heterocycles. The maximum Gasteiger partial charge on any atom is 0.338 e. The number of hydrogen-bond donors (Lipinski definition) is 0. The van der Waals surface area contributed by atoms with E-state index in [1.54, 1.807) is 19.2 Å². The number of carbonyl (C=O) groups is 2. The number of piperidine rings is 2. The van der Waals surface area contributed by atoms with Crippen molar-refractivity contribution in [3.63, 3.8) is 0 Å². The van der Waals surface area contributed by atoms with Crippen molar-refractivity contribution in [1.82, 2.24) is 0 Å². The molecule has 4 heterocycles. The number of carbonyl (C=O) groups excluding carboxylic acids is 2. The molecule has 4 bridgehead atoms. The zero-order valence-electron chi connectivity index (χ0n) is 27.1. The lowest BCUT2D eigenvalue weighted by atomic mass is 9.41. The summed E-state index contributed by atoms with van der Waals surface area (Å²) in [5.74, 6) is 0.407. The highest BCUT2D eigenvalue weighted by atomic mass is 16.6. The number of hydrogen-bond acceptors (Lipinski definition) is 10. The van der Waals surface area contributed by atoms with Gasteiger partial charge in [0.05, 0.1) is 53.6 Å². The average Bonchev–Trinajstić information content (AvgIpc) is 3.65. The van der Waals surface area contributed by atoms with Crippen LogP contribution >= 0.6 is 0 Å². The van der Waals surface area contributed by atoms with E-state index in [2.05, 4.69) is 25.1 Å². The number of likely N-dealkylation sites (N-methyl/N-ethyl adjacent to an activating group) is 2. The Morgan fingerprint density at radius 1 is 1.04 bits per heavy atom. The van der Waals surface area contributed by atoms with Crippen molar-refractivity contribution in [3.05, 3.63) is 53.1 Å². The molecule has 0 radical (unpaired) electrons. The topological polar surface area (TPSA) is 102 Å². The van der Waals surface area contributed by atoms with Gasteiger partial charge in [-0.25, -0.2) is 4.79 Å². The molecule has 2 aromatic carbocycles. The van der Waals surface area contributed by atoms with Gasteiger partial charge in [-0.15, -0.1) is 0 Å². The normalized spacial score (nSPS) is 35.6. The maximum absolute atomic E-state index is 14.7. The number of ether oxygens (including phenoxy) is 7. The summed E-state index contributed by atoms with van der Waals surface area (Å²) in [5, 5.41) is 0. The largest absolute Gasteiger partial charge is 0.497 e. The molecule has 7 rings (SSSR count).